The van der Waals surface area contributed by atoms with Crippen LogP contribution in [0.5, 0.6) is 0 Å². The van der Waals surface area contributed by atoms with Crippen molar-refractivity contribution < 1.29 is 33.2 Å². The standard InChI is InChI=1S/C46H62O7Si/c1-36(52-34-46(5,6)35-53-54(7,8)45(2,3)4)42(49-30-38-23-15-10-16-24-38)44(51-32-40-27-19-12-20-28-40)43(50-31-39-25-17-11-18-26-39)41(47)33-48-29-37-21-13-9-14-22-37/h9-28,41-44,47H,1,29-35H2,2-8H3/t41-,42+,43-,44-/m1/s1. The number of aliphatic hydroxyl groups excluding tert-OH is 1. The fourth-order valence-corrected chi connectivity index (χ4v) is 6.60. The van der Waals surface area contributed by atoms with Gasteiger partial charge in [0.1, 0.15) is 30.2 Å². The van der Waals surface area contributed by atoms with Crippen LogP contribution in [-0.4, -0.2) is 57.7 Å². The van der Waals surface area contributed by atoms with Crippen molar-refractivity contribution in [1.82, 2.24) is 0 Å². The summed E-state index contributed by atoms with van der Waals surface area (Å²) in [6.45, 7) is 21.9. The molecule has 0 radical (unpaired) electrons. The molecule has 1 N–H and O–H groups in total. The minimum atomic E-state index is -1.98. The Morgan fingerprint density at radius 3 is 1.44 bits per heavy atom. The molecule has 4 atom stereocenters. The second-order valence-corrected chi connectivity index (χ2v) is 21.1. The number of rotatable bonds is 23. The van der Waals surface area contributed by atoms with Gasteiger partial charge < -0.3 is 33.2 Å². The van der Waals surface area contributed by atoms with Crippen LogP contribution in [-0.2, 0) is 54.5 Å². The van der Waals surface area contributed by atoms with E-state index in [0.29, 0.717) is 25.6 Å². The van der Waals surface area contributed by atoms with E-state index in [0.717, 1.165) is 22.3 Å². The zero-order chi connectivity index (χ0) is 39.0. The Bertz CT molecular complexity index is 1630. The predicted octanol–water partition coefficient (Wildman–Crippen LogP) is 9.90. The molecule has 4 rings (SSSR count). The highest BCUT2D eigenvalue weighted by atomic mass is 28.4. The maximum atomic E-state index is 12.0. The van der Waals surface area contributed by atoms with Gasteiger partial charge in [-0.05, 0) is 40.4 Å². The SMILES string of the molecule is C=C(OCC(C)(C)CO[Si](C)(C)C(C)(C)C)[C@H](OCc1ccccc1)[C@@H](OCc1ccccc1)[C@H](OCc1ccccc1)[C@H](O)COCc1ccccc1. The molecule has 0 aliphatic heterocycles. The highest BCUT2D eigenvalue weighted by Gasteiger charge is 2.41. The Balaban J connectivity index is 1.64. The molecule has 0 heterocycles. The lowest BCUT2D eigenvalue weighted by molar-refractivity contribution is -0.187. The molecule has 0 saturated carbocycles. The summed E-state index contributed by atoms with van der Waals surface area (Å²) in [5.74, 6) is 0.384. The van der Waals surface area contributed by atoms with Crippen LogP contribution < -0.4 is 0 Å². The summed E-state index contributed by atoms with van der Waals surface area (Å²) >= 11 is 0. The molecule has 0 amide bonds. The van der Waals surface area contributed by atoms with Gasteiger partial charge in [0.15, 0.2) is 8.32 Å². The van der Waals surface area contributed by atoms with E-state index < -0.39 is 32.7 Å². The summed E-state index contributed by atoms with van der Waals surface area (Å²) < 4.78 is 39.3. The van der Waals surface area contributed by atoms with E-state index >= 15 is 0 Å². The maximum Gasteiger partial charge on any atom is 0.192 e. The number of aliphatic hydroxyl groups is 1. The fraction of sp³-hybridized carbons (Fsp3) is 0.435. The van der Waals surface area contributed by atoms with Crippen molar-refractivity contribution in [3.63, 3.8) is 0 Å². The van der Waals surface area contributed by atoms with Gasteiger partial charge in [0, 0.05) is 12.0 Å². The first-order valence-corrected chi connectivity index (χ1v) is 21.9. The molecular weight excluding hydrogens is 693 g/mol. The molecule has 292 valence electrons. The molecule has 4 aromatic carbocycles. The summed E-state index contributed by atoms with van der Waals surface area (Å²) in [4.78, 5) is 0. The van der Waals surface area contributed by atoms with Gasteiger partial charge in [-0.25, -0.2) is 0 Å². The summed E-state index contributed by atoms with van der Waals surface area (Å²) in [5, 5.41) is 12.0. The highest BCUT2D eigenvalue weighted by Crippen LogP contribution is 2.38. The molecule has 0 unspecified atom stereocenters. The molecule has 54 heavy (non-hydrogen) atoms. The third kappa shape index (κ3) is 14.2. The van der Waals surface area contributed by atoms with Crippen molar-refractivity contribution in [3.05, 3.63) is 156 Å². The van der Waals surface area contributed by atoms with Crippen LogP contribution in [0.15, 0.2) is 134 Å². The van der Waals surface area contributed by atoms with Crippen LogP contribution in [0.1, 0.15) is 56.9 Å². The number of hydrogen-bond donors (Lipinski definition) is 1. The van der Waals surface area contributed by atoms with E-state index in [1.165, 1.54) is 0 Å². The van der Waals surface area contributed by atoms with Gasteiger partial charge in [-0.2, -0.15) is 0 Å². The highest BCUT2D eigenvalue weighted by molar-refractivity contribution is 6.74. The summed E-state index contributed by atoms with van der Waals surface area (Å²) in [7, 11) is -1.98. The smallest absolute Gasteiger partial charge is 0.192 e. The van der Waals surface area contributed by atoms with Crippen molar-refractivity contribution in [3.8, 4) is 0 Å². The Morgan fingerprint density at radius 2 is 1.00 bits per heavy atom. The summed E-state index contributed by atoms with van der Waals surface area (Å²) in [5.41, 5.74) is 3.60. The maximum absolute atomic E-state index is 12.0. The molecular formula is C46H62O7Si. The Hall–Kier alpha value is -3.60. The molecule has 0 fully saturated rings. The topological polar surface area (TPSA) is 75.6 Å². The average molecular weight is 755 g/mol. The van der Waals surface area contributed by atoms with Crippen molar-refractivity contribution in [1.29, 1.82) is 0 Å². The monoisotopic (exact) mass is 754 g/mol. The Labute approximate surface area is 325 Å². The van der Waals surface area contributed by atoms with Crippen LogP contribution in [0.2, 0.25) is 18.1 Å². The Kier molecular flexibility index (Phi) is 16.7. The van der Waals surface area contributed by atoms with Gasteiger partial charge in [0.25, 0.3) is 0 Å². The number of ether oxygens (including phenoxy) is 5. The normalized spacial score (nSPS) is 14.6. The van der Waals surface area contributed by atoms with Crippen molar-refractivity contribution in [2.45, 2.75) is 104 Å². The largest absolute Gasteiger partial charge is 0.495 e. The van der Waals surface area contributed by atoms with Gasteiger partial charge in [-0.3, -0.25) is 0 Å². The zero-order valence-corrected chi connectivity index (χ0v) is 34.4. The lowest BCUT2D eigenvalue weighted by Gasteiger charge is -2.39. The molecule has 8 heteroatoms. The minimum absolute atomic E-state index is 0.0100. The predicted molar refractivity (Wildman–Crippen MR) is 219 cm³/mol. The number of hydrogen-bond acceptors (Lipinski definition) is 7. The van der Waals surface area contributed by atoms with Crippen molar-refractivity contribution in [2.24, 2.45) is 5.41 Å². The van der Waals surface area contributed by atoms with Crippen LogP contribution in [0, 0.1) is 5.41 Å². The van der Waals surface area contributed by atoms with Gasteiger partial charge in [-0.15, -0.1) is 0 Å². The minimum Gasteiger partial charge on any atom is -0.495 e. The first-order valence-electron chi connectivity index (χ1n) is 19.0. The van der Waals surface area contributed by atoms with E-state index in [-0.39, 0.29) is 36.9 Å². The van der Waals surface area contributed by atoms with Gasteiger partial charge >= 0.3 is 0 Å². The third-order valence-corrected chi connectivity index (χ3v) is 14.3. The van der Waals surface area contributed by atoms with E-state index in [4.69, 9.17) is 28.1 Å². The van der Waals surface area contributed by atoms with Crippen LogP contribution in [0.4, 0.5) is 0 Å². The molecule has 0 saturated heterocycles. The molecule has 0 bridgehead atoms. The zero-order valence-electron chi connectivity index (χ0n) is 33.4. The molecule has 0 spiro atoms. The second-order valence-electron chi connectivity index (χ2n) is 16.3. The Morgan fingerprint density at radius 1 is 0.593 bits per heavy atom. The van der Waals surface area contributed by atoms with Gasteiger partial charge in [0.2, 0.25) is 0 Å². The summed E-state index contributed by atoms with van der Waals surface area (Å²) in [6, 6.07) is 39.7. The van der Waals surface area contributed by atoms with Crippen LogP contribution in [0.3, 0.4) is 0 Å². The van der Waals surface area contributed by atoms with Crippen molar-refractivity contribution >= 4 is 8.32 Å². The van der Waals surface area contributed by atoms with E-state index in [2.05, 4.69) is 54.3 Å². The lowest BCUT2D eigenvalue weighted by atomic mass is 9.96. The van der Waals surface area contributed by atoms with Crippen LogP contribution in [0.25, 0.3) is 0 Å². The van der Waals surface area contributed by atoms with Gasteiger partial charge in [-0.1, -0.05) is 163 Å². The van der Waals surface area contributed by atoms with E-state index in [1.54, 1.807) is 0 Å². The van der Waals surface area contributed by atoms with Crippen molar-refractivity contribution in [2.75, 3.05) is 19.8 Å². The number of benzene rings is 4. The third-order valence-electron chi connectivity index (χ3n) is 9.84. The molecule has 0 aliphatic carbocycles. The quantitative estimate of drug-likeness (QED) is 0.0597. The fourth-order valence-electron chi connectivity index (χ4n) is 5.41. The molecule has 0 aliphatic rings. The lowest BCUT2D eigenvalue weighted by Crippen LogP contribution is -2.51. The molecule has 0 aromatic heterocycles. The first-order chi connectivity index (χ1) is 25.7. The van der Waals surface area contributed by atoms with Gasteiger partial charge in [0.05, 0.1) is 39.6 Å². The second kappa shape index (κ2) is 20.9. The molecule has 4 aromatic rings. The average Bonchev–Trinajstić information content (AvgIpc) is 3.16. The van der Waals surface area contributed by atoms with Crippen LogP contribution >= 0.6 is 0 Å². The van der Waals surface area contributed by atoms with E-state index in [1.807, 2.05) is 121 Å². The first kappa shape index (κ1) is 43.1. The van der Waals surface area contributed by atoms with E-state index in [9.17, 15) is 5.11 Å². The summed E-state index contributed by atoms with van der Waals surface area (Å²) in [6.07, 6.45) is -3.63. The molecule has 7 nitrogen and oxygen atoms in total.